The number of rotatable bonds is 7. The Morgan fingerprint density at radius 3 is 2.67 bits per heavy atom. The number of amides is 1. The number of aromatic nitrogens is 3. The second kappa shape index (κ2) is 8.26. The molecule has 0 saturated heterocycles. The van der Waals surface area contributed by atoms with Crippen LogP contribution in [0.25, 0.3) is 0 Å². The van der Waals surface area contributed by atoms with Crippen molar-refractivity contribution >= 4 is 11.7 Å². The Hall–Kier alpha value is -3.22. The van der Waals surface area contributed by atoms with Gasteiger partial charge in [-0.05, 0) is 32.3 Å². The minimum Gasteiger partial charge on any atom is -0.438 e. The molecule has 1 aliphatic rings. The van der Waals surface area contributed by atoms with Crippen LogP contribution >= 0.6 is 0 Å². The summed E-state index contributed by atoms with van der Waals surface area (Å²) in [5.74, 6) is 2.20. The number of nitrogens with one attached hydrogen (secondary N) is 1. The van der Waals surface area contributed by atoms with Gasteiger partial charge in [-0.3, -0.25) is 4.79 Å². The van der Waals surface area contributed by atoms with Crippen molar-refractivity contribution in [2.75, 3.05) is 19.0 Å². The Bertz CT molecular complexity index is 1040. The average molecular weight is 406 g/mol. The maximum atomic E-state index is 12.9. The Morgan fingerprint density at radius 1 is 1.23 bits per heavy atom. The third-order valence-electron chi connectivity index (χ3n) is 5.30. The zero-order valence-electron chi connectivity index (χ0n) is 17.8. The molecule has 1 fully saturated rings. The van der Waals surface area contributed by atoms with E-state index in [1.54, 1.807) is 6.92 Å². The summed E-state index contributed by atoms with van der Waals surface area (Å²) in [7, 11) is 3.96. The van der Waals surface area contributed by atoms with Crippen molar-refractivity contribution in [2.24, 2.45) is 0 Å². The number of aryl methyl sites for hydroxylation is 2. The van der Waals surface area contributed by atoms with Crippen molar-refractivity contribution < 1.29 is 9.21 Å². The first-order valence-electron chi connectivity index (χ1n) is 10.2. The maximum Gasteiger partial charge on any atom is 0.289 e. The van der Waals surface area contributed by atoms with Gasteiger partial charge in [0.2, 0.25) is 5.76 Å². The van der Waals surface area contributed by atoms with Crippen LogP contribution in [-0.2, 0) is 6.42 Å². The van der Waals surface area contributed by atoms with Crippen LogP contribution in [0, 0.1) is 13.8 Å². The summed E-state index contributed by atoms with van der Waals surface area (Å²) in [5, 5.41) is 3.12. The molecule has 1 atom stereocenters. The number of anilines is 1. The van der Waals surface area contributed by atoms with E-state index in [-0.39, 0.29) is 17.7 Å². The molecule has 0 unspecified atom stereocenters. The Morgan fingerprint density at radius 2 is 2.03 bits per heavy atom. The minimum absolute atomic E-state index is 0.239. The van der Waals surface area contributed by atoms with Crippen molar-refractivity contribution in [2.45, 2.75) is 45.1 Å². The fraction of sp³-hybridized carbons (Fsp3) is 0.391. The molecule has 0 radical (unpaired) electrons. The fourth-order valence-electron chi connectivity index (χ4n) is 3.45. The second-order valence-corrected chi connectivity index (χ2v) is 8.16. The van der Waals surface area contributed by atoms with Crippen molar-refractivity contribution in [1.82, 2.24) is 20.3 Å². The van der Waals surface area contributed by atoms with E-state index in [1.165, 1.54) is 6.39 Å². The van der Waals surface area contributed by atoms with Crippen molar-refractivity contribution in [3.63, 3.8) is 0 Å². The lowest BCUT2D eigenvalue weighted by Crippen LogP contribution is -2.30. The number of hydrogen-bond donors (Lipinski definition) is 1. The number of benzene rings is 1. The van der Waals surface area contributed by atoms with E-state index >= 15 is 0 Å². The van der Waals surface area contributed by atoms with Gasteiger partial charge in [0.15, 0.2) is 6.39 Å². The highest BCUT2D eigenvalue weighted by Gasteiger charge is 2.28. The minimum atomic E-state index is -0.277. The van der Waals surface area contributed by atoms with E-state index in [4.69, 9.17) is 14.4 Å². The fourth-order valence-corrected chi connectivity index (χ4v) is 3.45. The topological polar surface area (TPSA) is 84.2 Å². The number of nitrogens with zero attached hydrogens (tertiary/aromatic N) is 4. The van der Waals surface area contributed by atoms with E-state index in [0.29, 0.717) is 18.0 Å². The molecule has 1 aromatic carbocycles. The number of oxazole rings is 1. The first-order chi connectivity index (χ1) is 14.4. The van der Waals surface area contributed by atoms with Gasteiger partial charge in [-0.1, -0.05) is 29.8 Å². The molecule has 0 aliphatic heterocycles. The largest absolute Gasteiger partial charge is 0.438 e. The lowest BCUT2D eigenvalue weighted by molar-refractivity contribution is 0.0907. The van der Waals surface area contributed by atoms with E-state index in [2.05, 4.69) is 16.4 Å². The van der Waals surface area contributed by atoms with Crippen molar-refractivity contribution in [3.8, 4) is 0 Å². The molecule has 1 amide bonds. The smallest absolute Gasteiger partial charge is 0.289 e. The van der Waals surface area contributed by atoms with Crippen LogP contribution in [0.15, 0.2) is 41.1 Å². The molecular formula is C23H27N5O2. The lowest BCUT2D eigenvalue weighted by Gasteiger charge is -2.21. The Labute approximate surface area is 176 Å². The van der Waals surface area contributed by atoms with Gasteiger partial charge in [-0.2, -0.15) is 0 Å². The SMILES string of the molecule is Cc1cccc([C@@H](Cc2cc(N(C)C)nc(C3CC3)n2)NC(=O)c2ocnc2C)c1. The van der Waals surface area contributed by atoms with E-state index in [9.17, 15) is 4.79 Å². The average Bonchev–Trinajstić information content (AvgIpc) is 3.48. The number of carbonyl (C=O) groups is 1. The van der Waals surface area contributed by atoms with Gasteiger partial charge in [0.25, 0.3) is 5.91 Å². The maximum absolute atomic E-state index is 12.9. The van der Waals surface area contributed by atoms with Gasteiger partial charge in [-0.25, -0.2) is 15.0 Å². The Kier molecular flexibility index (Phi) is 5.53. The zero-order chi connectivity index (χ0) is 21.3. The molecule has 7 heteroatoms. The lowest BCUT2D eigenvalue weighted by atomic mass is 9.99. The molecule has 7 nitrogen and oxygen atoms in total. The van der Waals surface area contributed by atoms with Crippen LogP contribution in [0.4, 0.5) is 5.82 Å². The summed E-state index contributed by atoms with van der Waals surface area (Å²) in [6.07, 6.45) is 4.13. The highest BCUT2D eigenvalue weighted by Crippen LogP contribution is 2.38. The summed E-state index contributed by atoms with van der Waals surface area (Å²) in [6.45, 7) is 3.80. The van der Waals surface area contributed by atoms with Crippen LogP contribution < -0.4 is 10.2 Å². The van der Waals surface area contributed by atoms with Crippen LogP contribution in [0.1, 0.15) is 63.7 Å². The molecule has 3 aromatic rings. The molecule has 1 saturated carbocycles. The first kappa shape index (κ1) is 20.1. The molecule has 0 bridgehead atoms. The van der Waals surface area contributed by atoms with Crippen LogP contribution in [0.5, 0.6) is 0 Å². The van der Waals surface area contributed by atoms with Gasteiger partial charge < -0.3 is 14.6 Å². The predicted octanol–water partition coefficient (Wildman–Crippen LogP) is 3.74. The highest BCUT2D eigenvalue weighted by atomic mass is 16.3. The summed E-state index contributed by atoms with van der Waals surface area (Å²) in [6, 6.07) is 9.92. The van der Waals surface area contributed by atoms with Gasteiger partial charge in [-0.15, -0.1) is 0 Å². The van der Waals surface area contributed by atoms with E-state index < -0.39 is 0 Å². The number of hydrogen-bond acceptors (Lipinski definition) is 6. The predicted molar refractivity (Wildman–Crippen MR) is 115 cm³/mol. The van der Waals surface area contributed by atoms with Crippen molar-refractivity contribution in [1.29, 1.82) is 0 Å². The van der Waals surface area contributed by atoms with Gasteiger partial charge >= 0.3 is 0 Å². The van der Waals surface area contributed by atoms with E-state index in [1.807, 2.05) is 50.2 Å². The van der Waals surface area contributed by atoms with E-state index in [0.717, 1.165) is 41.3 Å². The molecule has 30 heavy (non-hydrogen) atoms. The third kappa shape index (κ3) is 4.50. The molecule has 4 rings (SSSR count). The second-order valence-electron chi connectivity index (χ2n) is 8.16. The molecule has 1 N–H and O–H groups in total. The van der Waals surface area contributed by atoms with Crippen LogP contribution in [-0.4, -0.2) is 35.0 Å². The van der Waals surface area contributed by atoms with Crippen LogP contribution in [0.2, 0.25) is 0 Å². The summed E-state index contributed by atoms with van der Waals surface area (Å²) >= 11 is 0. The van der Waals surface area contributed by atoms with Gasteiger partial charge in [0, 0.05) is 38.2 Å². The van der Waals surface area contributed by atoms with Crippen LogP contribution in [0.3, 0.4) is 0 Å². The zero-order valence-corrected chi connectivity index (χ0v) is 17.8. The summed E-state index contributed by atoms with van der Waals surface area (Å²) < 4.78 is 5.29. The van der Waals surface area contributed by atoms with Gasteiger partial charge in [0.05, 0.1) is 11.7 Å². The standard InChI is InChI=1S/C23H27N5O2/c1-14-6-5-7-17(10-14)19(26-23(29)21-15(2)24-13-30-21)11-18-12-20(28(3)4)27-22(25-18)16-8-9-16/h5-7,10,12-13,16,19H,8-9,11H2,1-4H3,(H,26,29)/t19-/m1/s1. The quantitative estimate of drug-likeness (QED) is 0.645. The monoisotopic (exact) mass is 405 g/mol. The molecule has 2 aromatic heterocycles. The molecule has 2 heterocycles. The molecule has 1 aliphatic carbocycles. The first-order valence-corrected chi connectivity index (χ1v) is 10.2. The summed E-state index contributed by atoms with van der Waals surface area (Å²) in [4.78, 5) is 28.4. The number of carbonyl (C=O) groups excluding carboxylic acids is 1. The normalized spacial score (nSPS) is 14.4. The third-order valence-corrected chi connectivity index (χ3v) is 5.30. The van der Waals surface area contributed by atoms with Gasteiger partial charge in [0.1, 0.15) is 11.6 Å². The molecule has 0 spiro atoms. The Balaban J connectivity index is 1.66. The van der Waals surface area contributed by atoms with Crippen molar-refractivity contribution in [3.05, 3.63) is 70.8 Å². The highest BCUT2D eigenvalue weighted by molar-refractivity contribution is 5.92. The summed E-state index contributed by atoms with van der Waals surface area (Å²) in [5.41, 5.74) is 3.65. The molecule has 156 valence electrons. The molecular weight excluding hydrogens is 378 g/mol.